The van der Waals surface area contributed by atoms with Crippen molar-refractivity contribution in [2.45, 2.75) is 33.1 Å². The third-order valence-corrected chi connectivity index (χ3v) is 2.92. The molecular weight excluding hydrogens is 156 g/mol. The minimum atomic E-state index is 1.15. The summed E-state index contributed by atoms with van der Waals surface area (Å²) in [6.07, 6.45) is 7.99. The second-order valence-corrected chi connectivity index (χ2v) is 3.58. The van der Waals surface area contributed by atoms with Crippen molar-refractivity contribution in [1.82, 2.24) is 0 Å². The van der Waals surface area contributed by atoms with Gasteiger partial charge in [-0.2, -0.15) is 0 Å². The summed E-state index contributed by atoms with van der Waals surface area (Å²) < 4.78 is 0. The maximum atomic E-state index is 2.29. The molecule has 0 atom stereocenters. The second-order valence-electron chi connectivity index (χ2n) is 3.58. The Balaban J connectivity index is 2.56. The molecule has 1 aliphatic rings. The minimum Gasteiger partial charge on any atom is -0.0795 e. The molecule has 0 unspecified atom stereocenters. The molecule has 68 valence electrons. The van der Waals surface area contributed by atoms with Gasteiger partial charge in [0.25, 0.3) is 0 Å². The first kappa shape index (κ1) is 8.55. The predicted octanol–water partition coefficient (Wildman–Crippen LogP) is 3.38. The van der Waals surface area contributed by atoms with Gasteiger partial charge in [-0.3, -0.25) is 0 Å². The molecule has 0 bridgehead atoms. The highest BCUT2D eigenvalue weighted by molar-refractivity contribution is 5.63. The lowest BCUT2D eigenvalue weighted by Gasteiger charge is -2.11. The van der Waals surface area contributed by atoms with Gasteiger partial charge in [-0.25, -0.2) is 0 Å². The Kier molecular flexibility index (Phi) is 2.22. The Bertz CT molecular complexity index is 345. The van der Waals surface area contributed by atoms with Crippen LogP contribution in [-0.4, -0.2) is 0 Å². The highest BCUT2D eigenvalue weighted by Crippen LogP contribution is 2.26. The third-order valence-electron chi connectivity index (χ3n) is 2.92. The highest BCUT2D eigenvalue weighted by Gasteiger charge is 2.11. The maximum absolute atomic E-state index is 2.29. The fourth-order valence-electron chi connectivity index (χ4n) is 2.23. The number of benzene rings is 1. The molecule has 0 saturated heterocycles. The zero-order valence-corrected chi connectivity index (χ0v) is 8.43. The summed E-state index contributed by atoms with van der Waals surface area (Å²) in [5, 5.41) is 0. The van der Waals surface area contributed by atoms with Crippen LogP contribution in [0.15, 0.2) is 18.2 Å². The van der Waals surface area contributed by atoms with Gasteiger partial charge in [-0.15, -0.1) is 0 Å². The predicted molar refractivity (Wildman–Crippen MR) is 57.9 cm³/mol. The molecule has 0 aromatic heterocycles. The first-order valence-electron chi connectivity index (χ1n) is 5.17. The molecule has 0 amide bonds. The summed E-state index contributed by atoms with van der Waals surface area (Å²) in [5.41, 5.74) is 6.13. The van der Waals surface area contributed by atoms with Gasteiger partial charge < -0.3 is 0 Å². The van der Waals surface area contributed by atoms with Gasteiger partial charge in [0.2, 0.25) is 0 Å². The lowest BCUT2D eigenvalue weighted by molar-refractivity contribution is 1.01. The van der Waals surface area contributed by atoms with Crippen LogP contribution in [0.3, 0.4) is 0 Å². The molecule has 1 aromatic rings. The zero-order valence-electron chi connectivity index (χ0n) is 8.43. The van der Waals surface area contributed by atoms with Gasteiger partial charge >= 0.3 is 0 Å². The molecule has 0 heteroatoms. The van der Waals surface area contributed by atoms with E-state index in [0.717, 1.165) is 12.8 Å². The number of aryl methyl sites for hydroxylation is 1. The summed E-state index contributed by atoms with van der Waals surface area (Å²) in [4.78, 5) is 0. The van der Waals surface area contributed by atoms with Crippen LogP contribution in [0.5, 0.6) is 0 Å². The van der Waals surface area contributed by atoms with Gasteiger partial charge in [-0.1, -0.05) is 38.1 Å². The molecule has 1 aliphatic carbocycles. The van der Waals surface area contributed by atoms with Gasteiger partial charge in [0.15, 0.2) is 0 Å². The van der Waals surface area contributed by atoms with Crippen LogP contribution >= 0.6 is 0 Å². The zero-order chi connectivity index (χ0) is 9.26. The quantitative estimate of drug-likeness (QED) is 0.641. The molecule has 0 spiro atoms. The number of hydrogen-bond acceptors (Lipinski definition) is 0. The van der Waals surface area contributed by atoms with Crippen LogP contribution < -0.4 is 0 Å². The van der Waals surface area contributed by atoms with Crippen LogP contribution in [0.4, 0.5) is 0 Å². The number of hydrogen-bond donors (Lipinski definition) is 0. The topological polar surface area (TPSA) is 0 Å². The van der Waals surface area contributed by atoms with Crippen molar-refractivity contribution in [3.05, 3.63) is 40.5 Å². The van der Waals surface area contributed by atoms with E-state index in [2.05, 4.69) is 38.1 Å². The average Bonchev–Trinajstić information content (AvgIpc) is 2.63. The smallest absolute Gasteiger partial charge is 0.00853 e. The van der Waals surface area contributed by atoms with E-state index >= 15 is 0 Å². The van der Waals surface area contributed by atoms with Crippen molar-refractivity contribution in [3.8, 4) is 0 Å². The summed E-state index contributed by atoms with van der Waals surface area (Å²) in [5.74, 6) is 0. The number of rotatable bonds is 2. The van der Waals surface area contributed by atoms with Crippen LogP contribution in [0.25, 0.3) is 6.08 Å². The SMILES string of the molecule is CCc1ccc2c(c1CC)CC=C2. The fourth-order valence-corrected chi connectivity index (χ4v) is 2.23. The van der Waals surface area contributed by atoms with Gasteiger partial charge in [0.05, 0.1) is 0 Å². The highest BCUT2D eigenvalue weighted by atomic mass is 14.2. The van der Waals surface area contributed by atoms with Crippen molar-refractivity contribution < 1.29 is 0 Å². The van der Waals surface area contributed by atoms with Crippen molar-refractivity contribution in [1.29, 1.82) is 0 Å². The molecular formula is C13H16. The van der Waals surface area contributed by atoms with Gasteiger partial charge in [0, 0.05) is 0 Å². The van der Waals surface area contributed by atoms with Crippen molar-refractivity contribution >= 4 is 6.08 Å². The van der Waals surface area contributed by atoms with Crippen LogP contribution in [0, 0.1) is 0 Å². The molecule has 0 fully saturated rings. The van der Waals surface area contributed by atoms with E-state index in [-0.39, 0.29) is 0 Å². The first-order chi connectivity index (χ1) is 6.36. The molecule has 0 N–H and O–H groups in total. The maximum Gasteiger partial charge on any atom is -0.00853 e. The van der Waals surface area contributed by atoms with E-state index in [1.165, 1.54) is 17.5 Å². The fraction of sp³-hybridized carbons (Fsp3) is 0.385. The molecule has 0 saturated carbocycles. The van der Waals surface area contributed by atoms with E-state index in [0.29, 0.717) is 0 Å². The van der Waals surface area contributed by atoms with Crippen LogP contribution in [0.2, 0.25) is 0 Å². The molecule has 0 aliphatic heterocycles. The largest absolute Gasteiger partial charge is 0.0795 e. The first-order valence-corrected chi connectivity index (χ1v) is 5.17. The van der Waals surface area contributed by atoms with Crippen molar-refractivity contribution in [3.63, 3.8) is 0 Å². The van der Waals surface area contributed by atoms with Crippen LogP contribution in [-0.2, 0) is 19.3 Å². The monoisotopic (exact) mass is 172 g/mol. The Morgan fingerprint density at radius 3 is 2.69 bits per heavy atom. The molecule has 0 nitrogen and oxygen atoms in total. The van der Waals surface area contributed by atoms with Crippen molar-refractivity contribution in [2.24, 2.45) is 0 Å². The van der Waals surface area contributed by atoms with Gasteiger partial charge in [0.1, 0.15) is 0 Å². The molecule has 1 aromatic carbocycles. The minimum absolute atomic E-state index is 1.15. The Hall–Kier alpha value is -1.04. The van der Waals surface area contributed by atoms with Crippen LogP contribution in [0.1, 0.15) is 36.1 Å². The van der Waals surface area contributed by atoms with E-state index in [4.69, 9.17) is 0 Å². The number of fused-ring (bicyclic) bond motifs is 1. The summed E-state index contributed by atoms with van der Waals surface area (Å²) >= 11 is 0. The lowest BCUT2D eigenvalue weighted by Crippen LogP contribution is -1.97. The summed E-state index contributed by atoms with van der Waals surface area (Å²) in [6, 6.07) is 4.55. The number of allylic oxidation sites excluding steroid dienone is 1. The Morgan fingerprint density at radius 2 is 2.00 bits per heavy atom. The van der Waals surface area contributed by atoms with E-state index < -0.39 is 0 Å². The second kappa shape index (κ2) is 3.37. The standard InChI is InChI=1S/C13H16/c1-3-10-8-9-11-6-5-7-13(11)12(10)4-2/h5-6,8-9H,3-4,7H2,1-2H3. The Morgan fingerprint density at radius 1 is 1.15 bits per heavy atom. The van der Waals surface area contributed by atoms with E-state index in [9.17, 15) is 0 Å². The molecule has 13 heavy (non-hydrogen) atoms. The summed E-state index contributed by atoms with van der Waals surface area (Å²) in [7, 11) is 0. The normalized spacial score (nSPS) is 13.4. The van der Waals surface area contributed by atoms with Gasteiger partial charge in [-0.05, 0) is 41.5 Å². The van der Waals surface area contributed by atoms with E-state index in [1.54, 1.807) is 11.1 Å². The third kappa shape index (κ3) is 1.31. The molecule has 0 radical (unpaired) electrons. The Labute approximate surface area is 80.3 Å². The average molecular weight is 172 g/mol. The lowest BCUT2D eigenvalue weighted by atomic mass is 9.94. The molecule has 2 rings (SSSR count). The van der Waals surface area contributed by atoms with E-state index in [1.807, 2.05) is 0 Å². The molecule has 0 heterocycles. The summed E-state index contributed by atoms with van der Waals surface area (Å²) in [6.45, 7) is 4.50. The van der Waals surface area contributed by atoms with Crippen molar-refractivity contribution in [2.75, 3.05) is 0 Å².